The van der Waals surface area contributed by atoms with Crippen LogP contribution in [-0.2, 0) is 0 Å². The predicted octanol–water partition coefficient (Wildman–Crippen LogP) is 13.3. The molecule has 5 nitrogen and oxygen atoms in total. The van der Waals surface area contributed by atoms with E-state index in [-0.39, 0.29) is 0 Å². The fraction of sp³-hybridized carbons (Fsp3) is 0. The van der Waals surface area contributed by atoms with Gasteiger partial charge in [-0.25, -0.2) is 15.0 Å². The first-order chi connectivity index (χ1) is 27.8. The van der Waals surface area contributed by atoms with Crippen LogP contribution in [0.2, 0.25) is 0 Å². The Bertz CT molecular complexity index is 3380. The van der Waals surface area contributed by atoms with Gasteiger partial charge in [-0.15, -0.1) is 0 Å². The van der Waals surface area contributed by atoms with E-state index in [9.17, 15) is 0 Å². The molecule has 0 radical (unpaired) electrons. The van der Waals surface area contributed by atoms with Crippen LogP contribution in [0.1, 0.15) is 0 Å². The van der Waals surface area contributed by atoms with E-state index in [1.165, 1.54) is 32.3 Å². The summed E-state index contributed by atoms with van der Waals surface area (Å²) in [5, 5.41) is 11.7. The number of hydrogen-bond acceptors (Lipinski definition) is 4. The summed E-state index contributed by atoms with van der Waals surface area (Å²) in [7, 11) is 0. The van der Waals surface area contributed by atoms with E-state index in [0.717, 1.165) is 66.1 Å². The number of hydrogen-bond donors (Lipinski definition) is 0. The Morgan fingerprint density at radius 1 is 0.357 bits per heavy atom. The lowest BCUT2D eigenvalue weighted by Crippen LogP contribution is -2.01. The monoisotopic (exact) mass is 714 g/mol. The van der Waals surface area contributed by atoms with E-state index in [1.807, 2.05) is 60.7 Å². The van der Waals surface area contributed by atoms with Crippen molar-refractivity contribution >= 4 is 76.1 Å². The fourth-order valence-corrected chi connectivity index (χ4v) is 8.72. The largest absolute Gasteiger partial charge is 0.455 e. The van der Waals surface area contributed by atoms with Gasteiger partial charge in [-0.2, -0.15) is 0 Å². The Kier molecular flexibility index (Phi) is 6.56. The Morgan fingerprint density at radius 3 is 1.38 bits per heavy atom. The van der Waals surface area contributed by atoms with Crippen molar-refractivity contribution in [3.05, 3.63) is 182 Å². The van der Waals surface area contributed by atoms with Crippen molar-refractivity contribution in [2.45, 2.75) is 0 Å². The molecule has 56 heavy (non-hydrogen) atoms. The molecule has 0 unspecified atom stereocenters. The van der Waals surface area contributed by atoms with E-state index in [2.05, 4.69) is 126 Å². The van der Waals surface area contributed by atoms with Gasteiger partial charge in [0.1, 0.15) is 11.2 Å². The van der Waals surface area contributed by atoms with Crippen LogP contribution in [0.5, 0.6) is 0 Å². The van der Waals surface area contributed by atoms with E-state index in [0.29, 0.717) is 17.5 Å². The fourth-order valence-electron chi connectivity index (χ4n) is 8.72. The van der Waals surface area contributed by atoms with Crippen molar-refractivity contribution in [2.24, 2.45) is 0 Å². The second kappa shape index (κ2) is 11.9. The van der Waals surface area contributed by atoms with Crippen LogP contribution >= 0.6 is 0 Å². The average Bonchev–Trinajstić information content (AvgIpc) is 3.84. The van der Waals surface area contributed by atoms with E-state index < -0.39 is 0 Å². The van der Waals surface area contributed by atoms with Crippen LogP contribution in [0.15, 0.2) is 186 Å². The van der Waals surface area contributed by atoms with Gasteiger partial charge in [0.25, 0.3) is 0 Å². The van der Waals surface area contributed by atoms with E-state index in [4.69, 9.17) is 19.4 Å². The maximum atomic E-state index is 7.03. The zero-order chi connectivity index (χ0) is 36.7. The highest BCUT2D eigenvalue weighted by Gasteiger charge is 2.25. The second-order valence-electron chi connectivity index (χ2n) is 14.3. The van der Waals surface area contributed by atoms with Crippen LogP contribution in [0, 0.1) is 0 Å². The molecule has 9 aromatic carbocycles. The van der Waals surface area contributed by atoms with Crippen molar-refractivity contribution in [3.63, 3.8) is 0 Å². The zero-order valence-electron chi connectivity index (χ0n) is 30.0. The van der Waals surface area contributed by atoms with Gasteiger partial charge in [-0.1, -0.05) is 152 Å². The summed E-state index contributed by atoms with van der Waals surface area (Å²) in [6, 6.07) is 63.8. The summed E-state index contributed by atoms with van der Waals surface area (Å²) in [5.74, 6) is 1.76. The summed E-state index contributed by atoms with van der Waals surface area (Å²) in [6.07, 6.45) is 0. The van der Waals surface area contributed by atoms with Gasteiger partial charge >= 0.3 is 0 Å². The smallest absolute Gasteiger partial charge is 0.167 e. The van der Waals surface area contributed by atoms with Gasteiger partial charge in [-0.05, 0) is 62.6 Å². The van der Waals surface area contributed by atoms with Crippen molar-refractivity contribution < 1.29 is 4.42 Å². The average molecular weight is 715 g/mol. The molecule has 0 aliphatic carbocycles. The molecule has 5 heteroatoms. The standard InChI is InChI=1S/C51H30N4O/c1-3-16-34(17-4-1)49-52-50(35-18-5-2-6-19-35)54-51(53-49)39-26-29-42(47-46-38-22-12-9-15-33(38)25-30-43(46)56-48(39)47)55-40-27-23-31-13-7-10-20-36(31)44(40)45-37-21-11-8-14-32(37)24-28-41(45)55/h1-30H. The van der Waals surface area contributed by atoms with Gasteiger partial charge in [0, 0.05) is 27.3 Å². The van der Waals surface area contributed by atoms with Gasteiger partial charge in [-0.3, -0.25) is 0 Å². The van der Waals surface area contributed by atoms with Crippen LogP contribution < -0.4 is 0 Å². The molecule has 0 aliphatic rings. The maximum absolute atomic E-state index is 7.03. The normalized spacial score (nSPS) is 11.9. The Labute approximate surface area is 320 Å². The second-order valence-corrected chi connectivity index (χ2v) is 14.3. The number of nitrogens with zero attached hydrogens (tertiary/aromatic N) is 4. The number of rotatable bonds is 4. The molecule has 0 N–H and O–H groups in total. The topological polar surface area (TPSA) is 56.7 Å². The molecule has 3 aromatic heterocycles. The molecular weight excluding hydrogens is 685 g/mol. The Morgan fingerprint density at radius 2 is 0.821 bits per heavy atom. The third-order valence-electron chi connectivity index (χ3n) is 11.2. The highest BCUT2D eigenvalue weighted by atomic mass is 16.3. The molecule has 0 fully saturated rings. The number of fused-ring (bicyclic) bond motifs is 12. The molecule has 12 rings (SSSR count). The van der Waals surface area contributed by atoms with Crippen molar-refractivity contribution in [3.8, 4) is 39.9 Å². The molecule has 0 spiro atoms. The summed E-state index contributed by atoms with van der Waals surface area (Å²) >= 11 is 0. The van der Waals surface area contributed by atoms with Gasteiger partial charge < -0.3 is 8.98 Å². The molecule has 260 valence electrons. The van der Waals surface area contributed by atoms with Crippen molar-refractivity contribution in [2.75, 3.05) is 0 Å². The van der Waals surface area contributed by atoms with Crippen molar-refractivity contribution in [1.82, 2.24) is 19.5 Å². The summed E-state index contributed by atoms with van der Waals surface area (Å²) in [5.41, 5.74) is 7.48. The molecule has 0 atom stereocenters. The zero-order valence-corrected chi connectivity index (χ0v) is 30.0. The highest BCUT2D eigenvalue weighted by Crippen LogP contribution is 2.46. The van der Waals surface area contributed by atoms with Crippen LogP contribution in [0.25, 0.3) is 116 Å². The first-order valence-corrected chi connectivity index (χ1v) is 18.9. The lowest BCUT2D eigenvalue weighted by Gasteiger charge is -2.13. The van der Waals surface area contributed by atoms with Gasteiger partial charge in [0.05, 0.1) is 27.7 Å². The van der Waals surface area contributed by atoms with Gasteiger partial charge in [0.2, 0.25) is 0 Å². The van der Waals surface area contributed by atoms with E-state index in [1.54, 1.807) is 0 Å². The summed E-state index contributed by atoms with van der Waals surface area (Å²) < 4.78 is 9.46. The molecule has 0 saturated carbocycles. The number of aromatic nitrogens is 4. The quantitative estimate of drug-likeness (QED) is 0.182. The lowest BCUT2D eigenvalue weighted by atomic mass is 10.00. The molecule has 0 saturated heterocycles. The lowest BCUT2D eigenvalue weighted by molar-refractivity contribution is 0.669. The minimum atomic E-state index is 0.553. The van der Waals surface area contributed by atoms with Crippen LogP contribution in [0.3, 0.4) is 0 Å². The van der Waals surface area contributed by atoms with Gasteiger partial charge in [0.15, 0.2) is 17.5 Å². The SMILES string of the molecule is c1ccc(-c2nc(-c3ccccc3)nc(-c3ccc(-n4c5ccc6ccccc6c5c5c6ccccc6ccc54)c4c3oc3ccc5ccccc5c34)n2)cc1. The van der Waals surface area contributed by atoms with Crippen LogP contribution in [0.4, 0.5) is 0 Å². The third-order valence-corrected chi connectivity index (χ3v) is 11.2. The predicted molar refractivity (Wildman–Crippen MR) is 230 cm³/mol. The molecule has 0 amide bonds. The minimum Gasteiger partial charge on any atom is -0.455 e. The molecular formula is C51H30N4O. The van der Waals surface area contributed by atoms with Crippen molar-refractivity contribution in [1.29, 1.82) is 0 Å². The molecule has 12 aromatic rings. The molecule has 3 heterocycles. The Hall–Kier alpha value is -7.63. The summed E-state index contributed by atoms with van der Waals surface area (Å²) in [6.45, 7) is 0. The van der Waals surface area contributed by atoms with Crippen LogP contribution in [-0.4, -0.2) is 19.5 Å². The highest BCUT2D eigenvalue weighted by molar-refractivity contribution is 6.30. The first kappa shape index (κ1) is 30.8. The number of furan rings is 1. The van der Waals surface area contributed by atoms with E-state index >= 15 is 0 Å². The summed E-state index contributed by atoms with van der Waals surface area (Å²) in [4.78, 5) is 15.3. The first-order valence-electron chi connectivity index (χ1n) is 18.9. The maximum Gasteiger partial charge on any atom is 0.167 e. The molecule has 0 aliphatic heterocycles. The Balaban J connectivity index is 1.24. The third kappa shape index (κ3) is 4.52. The number of benzene rings is 9. The minimum absolute atomic E-state index is 0.553. The molecule has 0 bridgehead atoms.